The zero-order valence-corrected chi connectivity index (χ0v) is 13.6. The maximum absolute atomic E-state index is 5.88. The van der Waals surface area contributed by atoms with Crippen LogP contribution in [0.25, 0.3) is 0 Å². The molecule has 2 aliphatic rings. The highest BCUT2D eigenvalue weighted by Crippen LogP contribution is 2.39. The Bertz CT molecular complexity index is 531. The molecule has 1 unspecified atom stereocenters. The third-order valence-corrected chi connectivity index (χ3v) is 5.73. The van der Waals surface area contributed by atoms with Crippen LogP contribution in [0, 0.1) is 4.64 Å². The Morgan fingerprint density at radius 2 is 2.11 bits per heavy atom. The highest BCUT2D eigenvalue weighted by Gasteiger charge is 2.35. The summed E-state index contributed by atoms with van der Waals surface area (Å²) < 4.78 is 7.52. The van der Waals surface area contributed by atoms with Crippen molar-refractivity contribution in [1.82, 2.24) is 9.97 Å². The predicted octanol–water partition coefficient (Wildman–Crippen LogP) is 4.58. The number of aromatic amines is 1. The van der Waals surface area contributed by atoms with Gasteiger partial charge in [-0.05, 0) is 48.5 Å². The monoisotopic (exact) mass is 342 g/mol. The van der Waals surface area contributed by atoms with Crippen LogP contribution in [0.15, 0.2) is 4.47 Å². The minimum Gasteiger partial charge on any atom is -0.367 e. The molecule has 5 heteroatoms. The van der Waals surface area contributed by atoms with Crippen LogP contribution in [-0.4, -0.2) is 16.6 Å². The van der Waals surface area contributed by atoms with Crippen LogP contribution in [0.3, 0.4) is 0 Å². The Morgan fingerprint density at radius 1 is 1.37 bits per heavy atom. The molecular weight excluding hydrogens is 324 g/mol. The summed E-state index contributed by atoms with van der Waals surface area (Å²) in [6, 6.07) is 0. The molecule has 1 N–H and O–H groups in total. The number of ether oxygens (including phenoxy) is 1. The summed E-state index contributed by atoms with van der Waals surface area (Å²) in [5.74, 6) is 1.49. The fourth-order valence-electron chi connectivity index (χ4n) is 3.19. The van der Waals surface area contributed by atoms with Crippen LogP contribution in [0.2, 0.25) is 0 Å². The van der Waals surface area contributed by atoms with Gasteiger partial charge in [0.1, 0.15) is 16.1 Å². The van der Waals surface area contributed by atoms with Crippen molar-refractivity contribution in [1.29, 1.82) is 0 Å². The van der Waals surface area contributed by atoms with Crippen molar-refractivity contribution >= 4 is 28.1 Å². The molecule has 1 saturated heterocycles. The largest absolute Gasteiger partial charge is 0.367 e. The van der Waals surface area contributed by atoms with Gasteiger partial charge in [0.25, 0.3) is 0 Å². The number of halogens is 1. The van der Waals surface area contributed by atoms with E-state index >= 15 is 0 Å². The van der Waals surface area contributed by atoms with Gasteiger partial charge in [0, 0.05) is 18.2 Å². The molecule has 3 nitrogen and oxygen atoms in total. The van der Waals surface area contributed by atoms with Crippen molar-refractivity contribution in [2.24, 2.45) is 0 Å². The molecule has 1 aliphatic heterocycles. The fraction of sp³-hybridized carbons (Fsp3) is 0.714. The van der Waals surface area contributed by atoms with E-state index in [2.05, 4.69) is 32.8 Å². The molecule has 1 saturated carbocycles. The van der Waals surface area contributed by atoms with Gasteiger partial charge in [0.2, 0.25) is 0 Å². The third-order valence-electron chi connectivity index (χ3n) is 4.37. The standard InChI is InChI=1S/C14H19BrN2OS/c1-14(7-4-8-18-14)13-16-11(9-5-2-3-6-9)10(15)12(19)17-13/h9H,2-8H2,1H3,(H,16,17,19). The molecule has 0 spiro atoms. The van der Waals surface area contributed by atoms with Gasteiger partial charge in [0.15, 0.2) is 0 Å². The highest BCUT2D eigenvalue weighted by atomic mass is 79.9. The summed E-state index contributed by atoms with van der Waals surface area (Å²) in [6.45, 7) is 2.92. The molecule has 0 aromatic carbocycles. The molecule has 0 bridgehead atoms. The summed E-state index contributed by atoms with van der Waals surface area (Å²) in [5, 5.41) is 0. The quantitative estimate of drug-likeness (QED) is 0.799. The van der Waals surface area contributed by atoms with Crippen LogP contribution in [0.5, 0.6) is 0 Å². The third kappa shape index (κ3) is 2.52. The van der Waals surface area contributed by atoms with Gasteiger partial charge in [-0.2, -0.15) is 0 Å². The Hall–Kier alpha value is -0.260. The smallest absolute Gasteiger partial charge is 0.144 e. The van der Waals surface area contributed by atoms with E-state index in [9.17, 15) is 0 Å². The number of hydrogen-bond donors (Lipinski definition) is 1. The first kappa shape index (κ1) is 13.7. The molecule has 2 fully saturated rings. The minimum absolute atomic E-state index is 0.290. The molecule has 3 rings (SSSR count). The first-order chi connectivity index (χ1) is 9.10. The van der Waals surface area contributed by atoms with Crippen molar-refractivity contribution in [3.63, 3.8) is 0 Å². The number of H-pyrrole nitrogens is 1. The Balaban J connectivity index is 2.04. The van der Waals surface area contributed by atoms with E-state index in [1.165, 1.54) is 31.4 Å². The maximum Gasteiger partial charge on any atom is 0.144 e. The minimum atomic E-state index is -0.290. The predicted molar refractivity (Wildman–Crippen MR) is 80.9 cm³/mol. The number of rotatable bonds is 2. The van der Waals surface area contributed by atoms with E-state index in [1.807, 2.05) is 0 Å². The highest BCUT2D eigenvalue weighted by molar-refractivity contribution is 9.10. The number of nitrogens with one attached hydrogen (secondary N) is 1. The van der Waals surface area contributed by atoms with Crippen LogP contribution in [-0.2, 0) is 10.3 Å². The van der Waals surface area contributed by atoms with E-state index in [0.29, 0.717) is 10.6 Å². The van der Waals surface area contributed by atoms with E-state index in [1.54, 1.807) is 0 Å². The first-order valence-electron chi connectivity index (χ1n) is 7.04. The van der Waals surface area contributed by atoms with Crippen molar-refractivity contribution in [2.75, 3.05) is 6.61 Å². The fourth-order valence-corrected chi connectivity index (χ4v) is 3.90. The van der Waals surface area contributed by atoms with E-state index in [-0.39, 0.29) is 5.60 Å². The zero-order chi connectivity index (χ0) is 13.5. The van der Waals surface area contributed by atoms with Gasteiger partial charge >= 0.3 is 0 Å². The number of hydrogen-bond acceptors (Lipinski definition) is 3. The van der Waals surface area contributed by atoms with Gasteiger partial charge in [0.05, 0.1) is 4.47 Å². The second-order valence-corrected chi connectivity index (χ2v) is 6.96. The number of aromatic nitrogens is 2. The lowest BCUT2D eigenvalue weighted by atomic mass is 10.00. The van der Waals surface area contributed by atoms with Crippen molar-refractivity contribution in [3.05, 3.63) is 20.6 Å². The lowest BCUT2D eigenvalue weighted by Crippen LogP contribution is -2.24. The molecule has 1 aliphatic carbocycles. The number of nitrogens with zero attached hydrogens (tertiary/aromatic N) is 1. The molecule has 0 radical (unpaired) electrons. The van der Waals surface area contributed by atoms with Gasteiger partial charge in [-0.1, -0.05) is 25.1 Å². The molecule has 0 amide bonds. The molecule has 1 aromatic rings. The van der Waals surface area contributed by atoms with E-state index < -0.39 is 0 Å². The lowest BCUT2D eigenvalue weighted by Gasteiger charge is -2.24. The zero-order valence-electron chi connectivity index (χ0n) is 11.2. The Kier molecular flexibility index (Phi) is 3.80. The molecular formula is C14H19BrN2OS. The first-order valence-corrected chi connectivity index (χ1v) is 8.24. The van der Waals surface area contributed by atoms with Crippen LogP contribution < -0.4 is 0 Å². The molecule has 1 atom stereocenters. The van der Waals surface area contributed by atoms with Gasteiger partial charge in [-0.15, -0.1) is 0 Å². The van der Waals surface area contributed by atoms with Gasteiger partial charge in [-0.3, -0.25) is 0 Å². The lowest BCUT2D eigenvalue weighted by molar-refractivity contribution is 0.00896. The normalized spacial score (nSPS) is 28.1. The Morgan fingerprint density at radius 3 is 2.74 bits per heavy atom. The average Bonchev–Trinajstić information content (AvgIpc) is 3.04. The molecule has 104 valence electrons. The summed E-state index contributed by atoms with van der Waals surface area (Å²) in [4.78, 5) is 8.07. The topological polar surface area (TPSA) is 37.9 Å². The summed E-state index contributed by atoms with van der Waals surface area (Å²) in [6.07, 6.45) is 7.20. The van der Waals surface area contributed by atoms with Gasteiger partial charge in [-0.25, -0.2) is 4.98 Å². The van der Waals surface area contributed by atoms with E-state index in [4.69, 9.17) is 17.0 Å². The van der Waals surface area contributed by atoms with Crippen molar-refractivity contribution in [2.45, 2.75) is 57.0 Å². The second-order valence-electron chi connectivity index (χ2n) is 5.78. The molecule has 1 aromatic heterocycles. The van der Waals surface area contributed by atoms with E-state index in [0.717, 1.165) is 29.7 Å². The van der Waals surface area contributed by atoms with Gasteiger partial charge < -0.3 is 9.72 Å². The van der Waals surface area contributed by atoms with Crippen molar-refractivity contribution < 1.29 is 4.74 Å². The van der Waals surface area contributed by atoms with Crippen LogP contribution in [0.4, 0.5) is 0 Å². The van der Waals surface area contributed by atoms with Crippen LogP contribution in [0.1, 0.15) is 62.9 Å². The van der Waals surface area contributed by atoms with Crippen molar-refractivity contribution in [3.8, 4) is 0 Å². The summed E-state index contributed by atoms with van der Waals surface area (Å²) in [7, 11) is 0. The van der Waals surface area contributed by atoms with Crippen LogP contribution >= 0.6 is 28.1 Å². The SMILES string of the molecule is CC1(c2nc(=S)c(Br)c(C3CCCC3)[nH]2)CCCO1. The maximum atomic E-state index is 5.88. The summed E-state index contributed by atoms with van der Waals surface area (Å²) in [5.41, 5.74) is 0.936. The molecule has 2 heterocycles. The Labute approximate surface area is 127 Å². The summed E-state index contributed by atoms with van der Waals surface area (Å²) >= 11 is 9.03. The second kappa shape index (κ2) is 5.26. The average molecular weight is 343 g/mol. The molecule has 19 heavy (non-hydrogen) atoms.